The van der Waals surface area contributed by atoms with E-state index in [9.17, 15) is 4.79 Å². The van der Waals surface area contributed by atoms with Crippen LogP contribution in [0.15, 0.2) is 28.7 Å². The average Bonchev–Trinajstić information content (AvgIpc) is 2.32. The highest BCUT2D eigenvalue weighted by molar-refractivity contribution is 9.10. The van der Waals surface area contributed by atoms with E-state index < -0.39 is 0 Å². The molecule has 1 aromatic carbocycles. The number of hydrogen-bond acceptors (Lipinski definition) is 2. The van der Waals surface area contributed by atoms with Crippen molar-refractivity contribution in [3.8, 4) is 0 Å². The van der Waals surface area contributed by atoms with E-state index in [4.69, 9.17) is 0 Å². The normalized spacial score (nSPS) is 20.4. The molecule has 1 unspecified atom stereocenters. The van der Waals surface area contributed by atoms with Gasteiger partial charge in [0.15, 0.2) is 0 Å². The maximum atomic E-state index is 12.1. The third kappa shape index (κ3) is 3.30. The highest BCUT2D eigenvalue weighted by atomic mass is 79.9. The topological polar surface area (TPSA) is 32.3 Å². The Balaban J connectivity index is 1.98. The van der Waals surface area contributed by atoms with Crippen molar-refractivity contribution in [3.63, 3.8) is 0 Å². The number of halogens is 1. The zero-order valence-electron chi connectivity index (χ0n) is 9.95. The van der Waals surface area contributed by atoms with Gasteiger partial charge in [0.1, 0.15) is 0 Å². The van der Waals surface area contributed by atoms with Crippen LogP contribution in [0.5, 0.6) is 0 Å². The van der Waals surface area contributed by atoms with Gasteiger partial charge in [0.05, 0.1) is 6.42 Å². The van der Waals surface area contributed by atoms with Gasteiger partial charge in [-0.3, -0.25) is 4.79 Å². The summed E-state index contributed by atoms with van der Waals surface area (Å²) in [5.41, 5.74) is 1.07. The third-order valence-electron chi connectivity index (χ3n) is 3.09. The molecule has 1 aromatic rings. The standard InChI is InChI=1S/C13H17BrN2O/c1-10-9-15-6-7-16(10)13(17)8-11-2-4-12(14)5-3-11/h2-5,10,15H,6-9H2,1H3. The highest BCUT2D eigenvalue weighted by Crippen LogP contribution is 2.12. The van der Waals surface area contributed by atoms with Crippen molar-refractivity contribution in [2.45, 2.75) is 19.4 Å². The molecule has 0 saturated carbocycles. The molecule has 3 nitrogen and oxygen atoms in total. The van der Waals surface area contributed by atoms with Crippen LogP contribution in [0.4, 0.5) is 0 Å². The van der Waals surface area contributed by atoms with Crippen molar-refractivity contribution < 1.29 is 4.79 Å². The molecule has 0 aromatic heterocycles. The molecule has 92 valence electrons. The van der Waals surface area contributed by atoms with Crippen molar-refractivity contribution >= 4 is 21.8 Å². The Hall–Kier alpha value is -0.870. The Bertz CT molecular complexity index is 391. The van der Waals surface area contributed by atoms with E-state index in [0.717, 1.165) is 29.7 Å². The molecule has 1 atom stereocenters. The summed E-state index contributed by atoms with van der Waals surface area (Å²) < 4.78 is 1.05. The molecule has 0 spiro atoms. The summed E-state index contributed by atoms with van der Waals surface area (Å²) in [7, 11) is 0. The van der Waals surface area contributed by atoms with Crippen LogP contribution in [0.25, 0.3) is 0 Å². The van der Waals surface area contributed by atoms with Crippen LogP contribution in [-0.4, -0.2) is 36.5 Å². The minimum Gasteiger partial charge on any atom is -0.337 e. The van der Waals surface area contributed by atoms with Crippen LogP contribution in [0.1, 0.15) is 12.5 Å². The van der Waals surface area contributed by atoms with Crippen molar-refractivity contribution in [1.82, 2.24) is 10.2 Å². The van der Waals surface area contributed by atoms with Crippen LogP contribution in [0.3, 0.4) is 0 Å². The molecule has 0 bridgehead atoms. The number of nitrogens with zero attached hydrogens (tertiary/aromatic N) is 1. The summed E-state index contributed by atoms with van der Waals surface area (Å²) in [6, 6.07) is 8.24. The van der Waals surface area contributed by atoms with Gasteiger partial charge in [0.25, 0.3) is 0 Å². The first-order valence-electron chi connectivity index (χ1n) is 5.91. The smallest absolute Gasteiger partial charge is 0.227 e. The van der Waals surface area contributed by atoms with Crippen molar-refractivity contribution in [2.75, 3.05) is 19.6 Å². The van der Waals surface area contributed by atoms with Crippen LogP contribution < -0.4 is 5.32 Å². The summed E-state index contributed by atoms with van der Waals surface area (Å²) in [6.45, 7) is 4.70. The van der Waals surface area contributed by atoms with E-state index in [1.165, 1.54) is 0 Å². The fraction of sp³-hybridized carbons (Fsp3) is 0.462. The van der Waals surface area contributed by atoms with E-state index in [-0.39, 0.29) is 5.91 Å². The number of nitrogens with one attached hydrogen (secondary N) is 1. The van der Waals surface area contributed by atoms with Crippen molar-refractivity contribution in [3.05, 3.63) is 34.3 Å². The second-order valence-electron chi connectivity index (χ2n) is 4.44. The lowest BCUT2D eigenvalue weighted by atomic mass is 10.1. The van der Waals surface area contributed by atoms with Crippen LogP contribution in [-0.2, 0) is 11.2 Å². The SMILES string of the molecule is CC1CNCCN1C(=O)Cc1ccc(Br)cc1. The zero-order chi connectivity index (χ0) is 12.3. The summed E-state index contributed by atoms with van der Waals surface area (Å²) in [5, 5.41) is 3.29. The first-order chi connectivity index (χ1) is 8.16. The van der Waals surface area contributed by atoms with Crippen LogP contribution >= 0.6 is 15.9 Å². The summed E-state index contributed by atoms with van der Waals surface area (Å²) >= 11 is 3.39. The van der Waals surface area contributed by atoms with Gasteiger partial charge in [-0.1, -0.05) is 28.1 Å². The van der Waals surface area contributed by atoms with Crippen molar-refractivity contribution in [2.24, 2.45) is 0 Å². The Morgan fingerprint density at radius 3 is 2.82 bits per heavy atom. The minimum atomic E-state index is 0.223. The molecule has 1 aliphatic rings. The molecule has 4 heteroatoms. The quantitative estimate of drug-likeness (QED) is 0.903. The Morgan fingerprint density at radius 1 is 1.47 bits per heavy atom. The molecule has 17 heavy (non-hydrogen) atoms. The fourth-order valence-corrected chi connectivity index (χ4v) is 2.35. The number of piperazine rings is 1. The summed E-state index contributed by atoms with van der Waals surface area (Å²) in [6.07, 6.45) is 0.498. The van der Waals surface area contributed by atoms with Gasteiger partial charge in [-0.05, 0) is 24.6 Å². The zero-order valence-corrected chi connectivity index (χ0v) is 11.5. The van der Waals surface area contributed by atoms with Gasteiger partial charge in [0.2, 0.25) is 5.91 Å². The largest absolute Gasteiger partial charge is 0.337 e. The van der Waals surface area contributed by atoms with Gasteiger partial charge in [0, 0.05) is 30.1 Å². The number of rotatable bonds is 2. The molecule has 1 saturated heterocycles. The first-order valence-corrected chi connectivity index (χ1v) is 6.71. The first kappa shape index (κ1) is 12.6. The maximum Gasteiger partial charge on any atom is 0.227 e. The maximum absolute atomic E-state index is 12.1. The molecule has 1 amide bonds. The summed E-state index contributed by atoms with van der Waals surface area (Å²) in [5.74, 6) is 0.223. The third-order valence-corrected chi connectivity index (χ3v) is 3.62. The summed E-state index contributed by atoms with van der Waals surface area (Å²) in [4.78, 5) is 14.1. The lowest BCUT2D eigenvalue weighted by Gasteiger charge is -2.34. The number of carbonyl (C=O) groups is 1. The number of hydrogen-bond donors (Lipinski definition) is 1. The van der Waals surface area contributed by atoms with E-state index in [1.807, 2.05) is 29.2 Å². The monoisotopic (exact) mass is 296 g/mol. The molecule has 2 rings (SSSR count). The van der Waals surface area contributed by atoms with Gasteiger partial charge < -0.3 is 10.2 Å². The highest BCUT2D eigenvalue weighted by Gasteiger charge is 2.22. The Labute approximate surface area is 110 Å². The predicted molar refractivity (Wildman–Crippen MR) is 71.9 cm³/mol. The van der Waals surface area contributed by atoms with Gasteiger partial charge in [-0.2, -0.15) is 0 Å². The van der Waals surface area contributed by atoms with Crippen LogP contribution in [0.2, 0.25) is 0 Å². The number of benzene rings is 1. The van der Waals surface area contributed by atoms with Gasteiger partial charge in [-0.15, -0.1) is 0 Å². The van der Waals surface area contributed by atoms with E-state index in [2.05, 4.69) is 28.2 Å². The Morgan fingerprint density at radius 2 is 2.18 bits per heavy atom. The lowest BCUT2D eigenvalue weighted by Crippen LogP contribution is -2.52. The fourth-order valence-electron chi connectivity index (χ4n) is 2.09. The molecular weight excluding hydrogens is 280 g/mol. The van der Waals surface area contributed by atoms with Gasteiger partial charge >= 0.3 is 0 Å². The van der Waals surface area contributed by atoms with Crippen molar-refractivity contribution in [1.29, 1.82) is 0 Å². The number of carbonyl (C=O) groups excluding carboxylic acids is 1. The average molecular weight is 297 g/mol. The second kappa shape index (κ2) is 5.65. The minimum absolute atomic E-state index is 0.223. The molecule has 1 fully saturated rings. The number of amides is 1. The second-order valence-corrected chi connectivity index (χ2v) is 5.36. The van der Waals surface area contributed by atoms with E-state index in [1.54, 1.807) is 0 Å². The van der Waals surface area contributed by atoms with E-state index >= 15 is 0 Å². The van der Waals surface area contributed by atoms with Gasteiger partial charge in [-0.25, -0.2) is 0 Å². The molecule has 1 aliphatic heterocycles. The molecular formula is C13H17BrN2O. The lowest BCUT2D eigenvalue weighted by molar-refractivity contribution is -0.133. The molecule has 0 aliphatic carbocycles. The predicted octanol–water partition coefficient (Wildman–Crippen LogP) is 1.81. The molecule has 0 radical (unpaired) electrons. The van der Waals surface area contributed by atoms with Crippen LogP contribution in [0, 0.1) is 0 Å². The molecule has 1 N–H and O–H groups in total. The Kier molecular flexibility index (Phi) is 4.18. The van der Waals surface area contributed by atoms with E-state index in [0.29, 0.717) is 12.5 Å². The molecule has 1 heterocycles.